The molecule has 0 heterocycles. The van der Waals surface area contributed by atoms with Crippen molar-refractivity contribution in [1.82, 2.24) is 4.90 Å². The molecule has 0 aliphatic rings. The van der Waals surface area contributed by atoms with Gasteiger partial charge in [-0.3, -0.25) is 19.7 Å². The normalized spacial score (nSPS) is 10.2. The maximum atomic E-state index is 13.1. The lowest BCUT2D eigenvalue weighted by molar-refractivity contribution is -0.387. The van der Waals surface area contributed by atoms with Gasteiger partial charge in [0, 0.05) is 18.8 Å². The fraction of sp³-hybridized carbons (Fsp3) is 0.176. The molecule has 0 fully saturated rings. The number of benzene rings is 2. The molecule has 1 N–H and O–H groups in total. The number of amides is 2. The summed E-state index contributed by atoms with van der Waals surface area (Å²) in [6.45, 7) is -0.215. The van der Waals surface area contributed by atoms with Crippen LogP contribution >= 0.6 is 11.8 Å². The predicted molar refractivity (Wildman–Crippen MR) is 96.5 cm³/mol. The Bertz CT molecular complexity index is 831. The molecular weight excluding hydrogens is 361 g/mol. The number of hydrogen-bond donors (Lipinski definition) is 1. The van der Waals surface area contributed by atoms with Crippen LogP contribution in [-0.4, -0.2) is 41.0 Å². The average molecular weight is 377 g/mol. The fourth-order valence-electron chi connectivity index (χ4n) is 2.05. The molecule has 9 heteroatoms. The van der Waals surface area contributed by atoms with Crippen molar-refractivity contribution in [2.24, 2.45) is 0 Å². The van der Waals surface area contributed by atoms with Gasteiger partial charge in [-0.15, -0.1) is 11.8 Å². The number of anilines is 1. The van der Waals surface area contributed by atoms with Crippen molar-refractivity contribution in [2.75, 3.05) is 24.7 Å². The maximum absolute atomic E-state index is 13.1. The van der Waals surface area contributed by atoms with Crippen molar-refractivity contribution in [1.29, 1.82) is 0 Å². The highest BCUT2D eigenvalue weighted by Crippen LogP contribution is 2.28. The number of hydrogen-bond acceptors (Lipinski definition) is 5. The summed E-state index contributed by atoms with van der Waals surface area (Å²) in [4.78, 5) is 36.1. The fourth-order valence-corrected chi connectivity index (χ4v) is 3.01. The van der Waals surface area contributed by atoms with Crippen molar-refractivity contribution in [3.05, 3.63) is 64.5 Å². The van der Waals surface area contributed by atoms with Crippen LogP contribution in [0.25, 0.3) is 0 Å². The van der Waals surface area contributed by atoms with E-state index < -0.39 is 16.6 Å². The molecule has 136 valence electrons. The lowest BCUT2D eigenvalue weighted by Crippen LogP contribution is -2.35. The number of para-hydroxylation sites is 1. The van der Waals surface area contributed by atoms with Crippen molar-refractivity contribution in [2.45, 2.75) is 4.90 Å². The topological polar surface area (TPSA) is 92.6 Å². The van der Waals surface area contributed by atoms with E-state index in [1.54, 1.807) is 18.2 Å². The molecule has 0 radical (unpaired) electrons. The summed E-state index contributed by atoms with van der Waals surface area (Å²) >= 11 is 1.03. The molecule has 0 bridgehead atoms. The molecule has 0 aliphatic heterocycles. The number of thioether (sulfide) groups is 1. The number of carbonyl (C=O) groups excluding carboxylic acids is 2. The van der Waals surface area contributed by atoms with Crippen LogP contribution in [0.15, 0.2) is 53.4 Å². The molecule has 2 aromatic carbocycles. The summed E-state index contributed by atoms with van der Waals surface area (Å²) in [6.07, 6.45) is 0. The molecule has 0 atom stereocenters. The van der Waals surface area contributed by atoms with Gasteiger partial charge in [0.25, 0.3) is 5.69 Å². The van der Waals surface area contributed by atoms with E-state index >= 15 is 0 Å². The first kappa shape index (κ1) is 19.4. The van der Waals surface area contributed by atoms with E-state index in [9.17, 15) is 24.1 Å². The third-order valence-corrected chi connectivity index (χ3v) is 4.38. The van der Waals surface area contributed by atoms with E-state index in [4.69, 9.17) is 0 Å². The monoisotopic (exact) mass is 377 g/mol. The summed E-state index contributed by atoms with van der Waals surface area (Å²) < 4.78 is 13.1. The summed E-state index contributed by atoms with van der Waals surface area (Å²) in [5.74, 6) is -1.35. The van der Waals surface area contributed by atoms with Crippen LogP contribution in [0.3, 0.4) is 0 Å². The molecule has 2 rings (SSSR count). The number of rotatable bonds is 7. The van der Waals surface area contributed by atoms with Gasteiger partial charge in [0.1, 0.15) is 5.82 Å². The van der Waals surface area contributed by atoms with Crippen LogP contribution in [0.2, 0.25) is 0 Å². The predicted octanol–water partition coefficient (Wildman–Crippen LogP) is 2.92. The second-order valence-electron chi connectivity index (χ2n) is 5.32. The van der Waals surface area contributed by atoms with E-state index in [2.05, 4.69) is 5.32 Å². The van der Waals surface area contributed by atoms with E-state index in [0.717, 1.165) is 11.8 Å². The lowest BCUT2D eigenvalue weighted by atomic mass is 10.3. The Kier molecular flexibility index (Phi) is 6.67. The molecule has 0 saturated heterocycles. The lowest BCUT2D eigenvalue weighted by Gasteiger charge is -2.16. The molecule has 0 unspecified atom stereocenters. The second-order valence-corrected chi connectivity index (χ2v) is 6.34. The van der Waals surface area contributed by atoms with Gasteiger partial charge in [0.15, 0.2) is 0 Å². The minimum atomic E-state index is -0.511. The van der Waals surface area contributed by atoms with E-state index in [1.165, 1.54) is 42.3 Å². The van der Waals surface area contributed by atoms with E-state index in [0.29, 0.717) is 10.6 Å². The highest BCUT2D eigenvalue weighted by atomic mass is 32.2. The first-order chi connectivity index (χ1) is 12.4. The Morgan fingerprint density at radius 1 is 1.23 bits per heavy atom. The van der Waals surface area contributed by atoms with Crippen LogP contribution in [0.5, 0.6) is 0 Å². The first-order valence-corrected chi connectivity index (χ1v) is 8.51. The smallest absolute Gasteiger partial charge is 0.282 e. The van der Waals surface area contributed by atoms with Gasteiger partial charge >= 0.3 is 0 Å². The van der Waals surface area contributed by atoms with Crippen molar-refractivity contribution >= 4 is 35.0 Å². The van der Waals surface area contributed by atoms with E-state index in [-0.39, 0.29) is 23.9 Å². The number of nitro groups is 1. The van der Waals surface area contributed by atoms with Gasteiger partial charge in [0.2, 0.25) is 11.8 Å². The second kappa shape index (κ2) is 8.95. The molecule has 0 aromatic heterocycles. The Hall–Kier alpha value is -2.94. The van der Waals surface area contributed by atoms with Crippen LogP contribution in [0.1, 0.15) is 0 Å². The van der Waals surface area contributed by atoms with Gasteiger partial charge < -0.3 is 10.2 Å². The minimum absolute atomic E-state index is 0.0470. The zero-order chi connectivity index (χ0) is 19.1. The SMILES string of the molecule is CN(CC(=O)Nc1cccc(F)c1)C(=O)CSc1ccccc1[N+](=O)[O-]. The molecular formula is C17H16FN3O4S. The summed E-state index contributed by atoms with van der Waals surface area (Å²) in [5.41, 5.74) is 0.224. The van der Waals surface area contributed by atoms with Crippen LogP contribution in [-0.2, 0) is 9.59 Å². The highest BCUT2D eigenvalue weighted by Gasteiger charge is 2.17. The largest absolute Gasteiger partial charge is 0.336 e. The zero-order valence-corrected chi connectivity index (χ0v) is 14.7. The van der Waals surface area contributed by atoms with E-state index in [1.807, 2.05) is 0 Å². The Morgan fingerprint density at radius 2 is 1.96 bits per heavy atom. The number of carbonyl (C=O) groups is 2. The van der Waals surface area contributed by atoms with Crippen molar-refractivity contribution in [3.8, 4) is 0 Å². The number of nitrogens with one attached hydrogen (secondary N) is 1. The standard InChI is InChI=1S/C17H16FN3O4S/c1-20(10-16(22)19-13-6-4-5-12(18)9-13)17(23)11-26-15-8-3-2-7-14(15)21(24)25/h2-9H,10-11H2,1H3,(H,19,22). The molecule has 2 amide bonds. The number of likely N-dealkylation sites (N-methyl/N-ethyl adjacent to an activating group) is 1. The summed E-state index contributed by atoms with van der Waals surface area (Å²) in [5, 5.41) is 13.5. The van der Waals surface area contributed by atoms with Gasteiger partial charge in [-0.05, 0) is 24.3 Å². The zero-order valence-electron chi connectivity index (χ0n) is 13.8. The first-order valence-electron chi connectivity index (χ1n) is 7.52. The molecule has 0 spiro atoms. The third-order valence-electron chi connectivity index (χ3n) is 3.33. The molecule has 7 nitrogen and oxygen atoms in total. The average Bonchev–Trinajstić information content (AvgIpc) is 2.59. The Morgan fingerprint density at radius 3 is 2.65 bits per heavy atom. The maximum Gasteiger partial charge on any atom is 0.282 e. The van der Waals surface area contributed by atoms with Crippen molar-refractivity contribution < 1.29 is 18.9 Å². The minimum Gasteiger partial charge on any atom is -0.336 e. The Balaban J connectivity index is 1.87. The van der Waals surface area contributed by atoms with Crippen LogP contribution in [0.4, 0.5) is 15.8 Å². The van der Waals surface area contributed by atoms with Crippen LogP contribution in [0, 0.1) is 15.9 Å². The highest BCUT2D eigenvalue weighted by molar-refractivity contribution is 8.00. The van der Waals surface area contributed by atoms with Gasteiger partial charge in [-0.25, -0.2) is 4.39 Å². The van der Waals surface area contributed by atoms with Gasteiger partial charge in [0.05, 0.1) is 22.1 Å². The van der Waals surface area contributed by atoms with Gasteiger partial charge in [-0.1, -0.05) is 18.2 Å². The molecule has 0 aliphatic carbocycles. The van der Waals surface area contributed by atoms with Crippen molar-refractivity contribution in [3.63, 3.8) is 0 Å². The molecule has 0 saturated carbocycles. The molecule has 2 aromatic rings. The molecule has 26 heavy (non-hydrogen) atoms. The number of nitro benzene ring substituents is 1. The summed E-state index contributed by atoms with van der Waals surface area (Å²) in [6, 6.07) is 11.5. The van der Waals surface area contributed by atoms with Crippen LogP contribution < -0.4 is 5.32 Å². The third kappa shape index (κ3) is 5.55. The number of nitrogens with zero attached hydrogens (tertiary/aromatic N) is 2. The number of halogens is 1. The quantitative estimate of drug-likeness (QED) is 0.455. The van der Waals surface area contributed by atoms with Gasteiger partial charge in [-0.2, -0.15) is 0 Å². The Labute approximate surface area is 153 Å². The summed E-state index contributed by atoms with van der Waals surface area (Å²) in [7, 11) is 1.45.